The van der Waals surface area contributed by atoms with Crippen LogP contribution in [0.4, 0.5) is 11.5 Å². The minimum Gasteiger partial charge on any atom is -0.397 e. The van der Waals surface area contributed by atoms with Crippen molar-refractivity contribution >= 4 is 17.4 Å². The zero-order valence-electron chi connectivity index (χ0n) is 11.5. The van der Waals surface area contributed by atoms with Crippen molar-refractivity contribution in [2.75, 3.05) is 43.5 Å². The molecule has 0 bridgehead atoms. The molecule has 108 valence electrons. The first kappa shape index (κ1) is 13.2. The Balaban J connectivity index is 1.74. The first-order valence-electron chi connectivity index (χ1n) is 7.10. The highest BCUT2D eigenvalue weighted by Gasteiger charge is 2.34. The molecule has 2 aliphatic rings. The molecule has 1 aromatic heterocycles. The van der Waals surface area contributed by atoms with E-state index in [2.05, 4.69) is 9.88 Å². The highest BCUT2D eigenvalue weighted by molar-refractivity contribution is 5.85. The van der Waals surface area contributed by atoms with Gasteiger partial charge in [-0.25, -0.2) is 4.98 Å². The molecular weight excluding hydrogens is 256 g/mol. The van der Waals surface area contributed by atoms with E-state index in [1.807, 2.05) is 17.0 Å². The summed E-state index contributed by atoms with van der Waals surface area (Å²) in [5.74, 6) is 1.03. The molecule has 1 amide bonds. The van der Waals surface area contributed by atoms with E-state index in [1.54, 1.807) is 6.20 Å². The first-order valence-corrected chi connectivity index (χ1v) is 7.10. The number of nitrogens with zero attached hydrogens (tertiary/aromatic N) is 3. The van der Waals surface area contributed by atoms with Crippen LogP contribution in [0.15, 0.2) is 18.3 Å². The van der Waals surface area contributed by atoms with Crippen LogP contribution in [0.1, 0.15) is 12.8 Å². The Bertz CT molecular complexity index is 471. The standard InChI is InChI=1S/C14H20N4O2/c15-11-3-4-13(16-10-11)18-5-1-2-12(18)14(19)17-6-8-20-9-7-17/h3-4,10,12H,1-2,5-9,15H2. The number of pyridine rings is 1. The Morgan fingerprint density at radius 3 is 2.80 bits per heavy atom. The third kappa shape index (κ3) is 2.56. The van der Waals surface area contributed by atoms with Gasteiger partial charge in [-0.3, -0.25) is 4.79 Å². The van der Waals surface area contributed by atoms with Crippen LogP contribution in [-0.4, -0.2) is 54.7 Å². The fraction of sp³-hybridized carbons (Fsp3) is 0.571. The number of aromatic nitrogens is 1. The van der Waals surface area contributed by atoms with Gasteiger partial charge in [-0.05, 0) is 25.0 Å². The van der Waals surface area contributed by atoms with Crippen molar-refractivity contribution in [1.82, 2.24) is 9.88 Å². The van der Waals surface area contributed by atoms with Crippen LogP contribution in [0.2, 0.25) is 0 Å². The van der Waals surface area contributed by atoms with Crippen molar-refractivity contribution in [2.24, 2.45) is 0 Å². The van der Waals surface area contributed by atoms with Gasteiger partial charge in [0.05, 0.1) is 25.1 Å². The van der Waals surface area contributed by atoms with Gasteiger partial charge in [0.2, 0.25) is 5.91 Å². The molecule has 0 aromatic carbocycles. The fourth-order valence-electron chi connectivity index (χ4n) is 2.86. The normalized spacial score (nSPS) is 23.1. The number of carbonyl (C=O) groups is 1. The third-order valence-corrected chi connectivity index (χ3v) is 3.93. The summed E-state index contributed by atoms with van der Waals surface area (Å²) in [6.07, 6.45) is 3.55. The van der Waals surface area contributed by atoms with Gasteiger partial charge in [0, 0.05) is 19.6 Å². The maximum atomic E-state index is 12.6. The van der Waals surface area contributed by atoms with Crippen molar-refractivity contribution in [2.45, 2.75) is 18.9 Å². The van der Waals surface area contributed by atoms with Gasteiger partial charge in [-0.15, -0.1) is 0 Å². The molecule has 2 N–H and O–H groups in total. The fourth-order valence-corrected chi connectivity index (χ4v) is 2.86. The number of ether oxygens (including phenoxy) is 1. The minimum atomic E-state index is -0.0933. The summed E-state index contributed by atoms with van der Waals surface area (Å²) in [5, 5.41) is 0. The van der Waals surface area contributed by atoms with E-state index in [4.69, 9.17) is 10.5 Å². The van der Waals surface area contributed by atoms with E-state index in [0.717, 1.165) is 25.2 Å². The smallest absolute Gasteiger partial charge is 0.245 e. The molecule has 6 heteroatoms. The van der Waals surface area contributed by atoms with Crippen LogP contribution in [0.3, 0.4) is 0 Å². The topological polar surface area (TPSA) is 71.7 Å². The first-order chi connectivity index (χ1) is 9.75. The molecule has 2 fully saturated rings. The molecule has 20 heavy (non-hydrogen) atoms. The maximum absolute atomic E-state index is 12.6. The Hall–Kier alpha value is -1.82. The Morgan fingerprint density at radius 2 is 2.10 bits per heavy atom. The Labute approximate surface area is 118 Å². The average Bonchev–Trinajstić information content (AvgIpc) is 2.97. The lowest BCUT2D eigenvalue weighted by Crippen LogP contribution is -2.50. The molecule has 3 rings (SSSR count). The molecule has 2 aliphatic heterocycles. The van der Waals surface area contributed by atoms with E-state index in [1.165, 1.54) is 0 Å². The van der Waals surface area contributed by atoms with E-state index < -0.39 is 0 Å². The van der Waals surface area contributed by atoms with Crippen molar-refractivity contribution in [3.63, 3.8) is 0 Å². The van der Waals surface area contributed by atoms with Gasteiger partial charge >= 0.3 is 0 Å². The molecule has 2 saturated heterocycles. The van der Waals surface area contributed by atoms with Gasteiger partial charge in [0.15, 0.2) is 0 Å². The summed E-state index contributed by atoms with van der Waals surface area (Å²) in [4.78, 5) is 21.0. The summed E-state index contributed by atoms with van der Waals surface area (Å²) in [6.45, 7) is 3.53. The summed E-state index contributed by atoms with van der Waals surface area (Å²) >= 11 is 0. The number of hydrogen-bond acceptors (Lipinski definition) is 5. The molecule has 1 unspecified atom stereocenters. The monoisotopic (exact) mass is 276 g/mol. The molecular formula is C14H20N4O2. The zero-order valence-corrected chi connectivity index (χ0v) is 11.5. The molecule has 6 nitrogen and oxygen atoms in total. The Kier molecular flexibility index (Phi) is 3.73. The Morgan fingerprint density at radius 1 is 1.30 bits per heavy atom. The largest absolute Gasteiger partial charge is 0.397 e. The van der Waals surface area contributed by atoms with Gasteiger partial charge in [-0.1, -0.05) is 0 Å². The van der Waals surface area contributed by atoms with Gasteiger partial charge in [0.25, 0.3) is 0 Å². The van der Waals surface area contributed by atoms with Crippen LogP contribution in [0, 0.1) is 0 Å². The molecule has 0 saturated carbocycles. The van der Waals surface area contributed by atoms with Gasteiger partial charge < -0.3 is 20.3 Å². The molecule has 0 aliphatic carbocycles. The van der Waals surface area contributed by atoms with E-state index in [0.29, 0.717) is 32.0 Å². The predicted octanol–water partition coefficient (Wildman–Crippen LogP) is 0.491. The van der Waals surface area contributed by atoms with Crippen LogP contribution in [0.5, 0.6) is 0 Å². The number of rotatable bonds is 2. The number of nitrogens with two attached hydrogens (primary N) is 1. The summed E-state index contributed by atoms with van der Waals surface area (Å²) < 4.78 is 5.30. The summed E-state index contributed by atoms with van der Waals surface area (Å²) in [6, 6.07) is 3.63. The van der Waals surface area contributed by atoms with Gasteiger partial charge in [-0.2, -0.15) is 0 Å². The molecule has 0 radical (unpaired) electrons. The number of morpholine rings is 1. The second kappa shape index (κ2) is 5.66. The highest BCUT2D eigenvalue weighted by Crippen LogP contribution is 2.25. The van der Waals surface area contributed by atoms with Crippen molar-refractivity contribution in [1.29, 1.82) is 0 Å². The lowest BCUT2D eigenvalue weighted by Gasteiger charge is -2.33. The average molecular weight is 276 g/mol. The number of nitrogen functional groups attached to an aromatic ring is 1. The maximum Gasteiger partial charge on any atom is 0.245 e. The van der Waals surface area contributed by atoms with Crippen LogP contribution >= 0.6 is 0 Å². The minimum absolute atomic E-state index is 0.0933. The van der Waals surface area contributed by atoms with Gasteiger partial charge in [0.1, 0.15) is 11.9 Å². The van der Waals surface area contributed by atoms with E-state index >= 15 is 0 Å². The molecule has 3 heterocycles. The number of carbonyl (C=O) groups excluding carboxylic acids is 1. The second-order valence-electron chi connectivity index (χ2n) is 5.24. The van der Waals surface area contributed by atoms with E-state index in [9.17, 15) is 4.79 Å². The highest BCUT2D eigenvalue weighted by atomic mass is 16.5. The second-order valence-corrected chi connectivity index (χ2v) is 5.24. The lowest BCUT2D eigenvalue weighted by atomic mass is 10.2. The predicted molar refractivity (Wildman–Crippen MR) is 76.4 cm³/mol. The van der Waals surface area contributed by atoms with E-state index in [-0.39, 0.29) is 11.9 Å². The van der Waals surface area contributed by atoms with Crippen molar-refractivity contribution in [3.8, 4) is 0 Å². The molecule has 1 atom stereocenters. The number of amides is 1. The molecule has 1 aromatic rings. The van der Waals surface area contributed by atoms with Crippen LogP contribution < -0.4 is 10.6 Å². The van der Waals surface area contributed by atoms with Crippen molar-refractivity contribution in [3.05, 3.63) is 18.3 Å². The SMILES string of the molecule is Nc1ccc(N2CCCC2C(=O)N2CCOCC2)nc1. The zero-order chi connectivity index (χ0) is 13.9. The number of anilines is 2. The van der Waals surface area contributed by atoms with Crippen LogP contribution in [0.25, 0.3) is 0 Å². The summed E-state index contributed by atoms with van der Waals surface area (Å²) in [7, 11) is 0. The third-order valence-electron chi connectivity index (χ3n) is 3.93. The lowest BCUT2D eigenvalue weighted by molar-refractivity contribution is -0.136. The number of hydrogen-bond donors (Lipinski definition) is 1. The van der Waals surface area contributed by atoms with Crippen LogP contribution in [-0.2, 0) is 9.53 Å². The quantitative estimate of drug-likeness (QED) is 0.851. The van der Waals surface area contributed by atoms with Crippen molar-refractivity contribution < 1.29 is 9.53 Å². The molecule has 0 spiro atoms. The summed E-state index contributed by atoms with van der Waals surface area (Å²) in [5.41, 5.74) is 6.31.